The van der Waals surface area contributed by atoms with Gasteiger partial charge in [0.05, 0.1) is 5.92 Å². The van der Waals surface area contributed by atoms with Crippen LogP contribution in [0.15, 0.2) is 16.6 Å². The molecular formula is C11H14BrN3O4. The van der Waals surface area contributed by atoms with Gasteiger partial charge in [0.15, 0.2) is 5.69 Å². The van der Waals surface area contributed by atoms with Crippen molar-refractivity contribution in [3.8, 4) is 0 Å². The molecule has 0 aliphatic heterocycles. The molecule has 0 radical (unpaired) electrons. The number of amides is 1. The van der Waals surface area contributed by atoms with E-state index in [0.717, 1.165) is 0 Å². The summed E-state index contributed by atoms with van der Waals surface area (Å²) in [4.78, 5) is 25.1. The summed E-state index contributed by atoms with van der Waals surface area (Å²) >= 11 is 3.06. The van der Waals surface area contributed by atoms with E-state index in [1.165, 1.54) is 6.07 Å². The van der Waals surface area contributed by atoms with E-state index in [4.69, 9.17) is 10.5 Å². The number of ether oxygens (including phenoxy) is 1. The molecule has 2 N–H and O–H groups in total. The molecule has 104 valence electrons. The van der Waals surface area contributed by atoms with Crippen LogP contribution in [0.1, 0.15) is 32.4 Å². The third-order valence-corrected chi connectivity index (χ3v) is 3.49. The first-order chi connectivity index (χ1) is 8.65. The highest BCUT2D eigenvalue weighted by atomic mass is 79.9. The van der Waals surface area contributed by atoms with E-state index in [-0.39, 0.29) is 11.7 Å². The van der Waals surface area contributed by atoms with E-state index in [1.807, 2.05) is 0 Å². The lowest BCUT2D eigenvalue weighted by atomic mass is 9.89. The number of hydrogen-bond acceptors (Lipinski definition) is 5. The van der Waals surface area contributed by atoms with Crippen LogP contribution in [0.25, 0.3) is 0 Å². The number of pyridine rings is 1. The van der Waals surface area contributed by atoms with Crippen LogP contribution < -0.4 is 5.73 Å². The third-order valence-electron chi connectivity index (χ3n) is 2.87. The topological polar surface area (TPSA) is 108 Å². The summed E-state index contributed by atoms with van der Waals surface area (Å²) < 4.78 is 5.30. The van der Waals surface area contributed by atoms with E-state index in [2.05, 4.69) is 20.9 Å². The zero-order valence-electron chi connectivity index (χ0n) is 10.7. The number of primary amides is 1. The van der Waals surface area contributed by atoms with E-state index >= 15 is 0 Å². The molecule has 0 fully saturated rings. The van der Waals surface area contributed by atoms with Crippen molar-refractivity contribution in [2.24, 2.45) is 5.73 Å². The second-order valence-corrected chi connectivity index (χ2v) is 5.40. The van der Waals surface area contributed by atoms with E-state index in [1.54, 1.807) is 26.8 Å². The molecule has 1 rings (SSSR count). The maximum absolute atomic E-state index is 10.8. The first-order valence-electron chi connectivity index (χ1n) is 5.44. The molecule has 0 aliphatic rings. The Hall–Kier alpha value is -1.70. The minimum atomic E-state index is -0.916. The molecule has 7 nitrogen and oxygen atoms in total. The van der Waals surface area contributed by atoms with E-state index in [9.17, 15) is 14.9 Å². The Morgan fingerprint density at radius 2 is 2.16 bits per heavy atom. The summed E-state index contributed by atoms with van der Waals surface area (Å²) in [5.74, 6) is -0.633. The van der Waals surface area contributed by atoms with Crippen LogP contribution in [0, 0.1) is 10.1 Å². The Labute approximate surface area is 118 Å². The van der Waals surface area contributed by atoms with Gasteiger partial charge in [0.2, 0.25) is 0 Å². The van der Waals surface area contributed by atoms with E-state index in [0.29, 0.717) is 10.2 Å². The Bertz CT molecular complexity index is 519. The predicted octanol–water partition coefficient (Wildman–Crippen LogP) is 2.73. The number of aromatic nitrogens is 1. The number of nitrogens with zero attached hydrogens (tertiary/aromatic N) is 2. The number of carbonyl (C=O) groups is 1. The number of nitro groups is 1. The van der Waals surface area contributed by atoms with Crippen LogP contribution in [0.5, 0.6) is 0 Å². The summed E-state index contributed by atoms with van der Waals surface area (Å²) in [6.45, 7) is 5.08. The maximum Gasteiger partial charge on any atom is 0.405 e. The summed E-state index contributed by atoms with van der Waals surface area (Å²) in [6, 6.07) is 3.17. The summed E-state index contributed by atoms with van der Waals surface area (Å²) in [7, 11) is 0. The van der Waals surface area contributed by atoms with Gasteiger partial charge in [-0.1, -0.05) is 6.92 Å². The maximum atomic E-state index is 10.8. The molecule has 1 amide bonds. The molecule has 1 aromatic heterocycles. The molecule has 1 aromatic rings. The van der Waals surface area contributed by atoms with Gasteiger partial charge < -0.3 is 20.6 Å². The molecule has 0 aromatic carbocycles. The van der Waals surface area contributed by atoms with Gasteiger partial charge in [0.25, 0.3) is 0 Å². The van der Waals surface area contributed by atoms with Crippen molar-refractivity contribution in [3.05, 3.63) is 32.4 Å². The Morgan fingerprint density at radius 1 is 1.58 bits per heavy atom. The largest absolute Gasteiger partial charge is 0.443 e. The zero-order valence-corrected chi connectivity index (χ0v) is 12.3. The van der Waals surface area contributed by atoms with Crippen molar-refractivity contribution in [1.29, 1.82) is 0 Å². The van der Waals surface area contributed by atoms with Crippen LogP contribution in [0.3, 0.4) is 0 Å². The predicted molar refractivity (Wildman–Crippen MR) is 71.8 cm³/mol. The molecule has 1 unspecified atom stereocenters. The Kier molecular flexibility index (Phi) is 4.46. The average Bonchev–Trinajstić information content (AvgIpc) is 2.26. The average molecular weight is 332 g/mol. The highest BCUT2D eigenvalue weighted by Gasteiger charge is 2.34. The monoisotopic (exact) mass is 331 g/mol. The first kappa shape index (κ1) is 15.4. The third kappa shape index (κ3) is 3.63. The van der Waals surface area contributed by atoms with Gasteiger partial charge in [-0.25, -0.2) is 4.79 Å². The van der Waals surface area contributed by atoms with Crippen molar-refractivity contribution in [2.75, 3.05) is 0 Å². The van der Waals surface area contributed by atoms with Gasteiger partial charge in [-0.05, 0) is 51.8 Å². The van der Waals surface area contributed by atoms with Gasteiger partial charge in [0, 0.05) is 0 Å². The molecule has 0 bridgehead atoms. The van der Waals surface area contributed by atoms with Crippen molar-refractivity contribution in [1.82, 2.24) is 4.98 Å². The molecule has 0 saturated carbocycles. The van der Waals surface area contributed by atoms with Gasteiger partial charge in [-0.15, -0.1) is 0 Å². The van der Waals surface area contributed by atoms with Crippen molar-refractivity contribution in [3.63, 3.8) is 0 Å². The smallest absolute Gasteiger partial charge is 0.405 e. The molecular weight excluding hydrogens is 318 g/mol. The summed E-state index contributed by atoms with van der Waals surface area (Å²) in [5.41, 5.74) is 4.53. The molecule has 19 heavy (non-hydrogen) atoms. The standard InChI is InChI=1S/C11H14BrN3O4/c1-6(11(2,3)19-10(13)16)8-5-4-7(12)9(14-8)15(17)18/h4-6H,1-3H3,(H2,13,16). The molecule has 0 spiro atoms. The number of rotatable bonds is 4. The number of halogens is 1. The fourth-order valence-electron chi connectivity index (χ4n) is 1.52. The number of hydrogen-bond donors (Lipinski definition) is 1. The molecule has 8 heteroatoms. The van der Waals surface area contributed by atoms with Gasteiger partial charge in [0.1, 0.15) is 10.1 Å². The molecule has 0 saturated heterocycles. The van der Waals surface area contributed by atoms with Crippen LogP contribution in [-0.2, 0) is 4.74 Å². The highest BCUT2D eigenvalue weighted by Crippen LogP contribution is 2.32. The van der Waals surface area contributed by atoms with Gasteiger partial charge in [-0.2, -0.15) is 0 Å². The fraction of sp³-hybridized carbons (Fsp3) is 0.455. The van der Waals surface area contributed by atoms with Crippen LogP contribution >= 0.6 is 15.9 Å². The Morgan fingerprint density at radius 3 is 2.63 bits per heavy atom. The van der Waals surface area contributed by atoms with Crippen molar-refractivity contribution < 1.29 is 14.5 Å². The summed E-state index contributed by atoms with van der Waals surface area (Å²) in [5, 5.41) is 10.8. The quantitative estimate of drug-likeness (QED) is 0.673. The minimum Gasteiger partial charge on any atom is -0.443 e. The molecule has 1 heterocycles. The minimum absolute atomic E-state index is 0.278. The first-order valence-corrected chi connectivity index (χ1v) is 6.23. The Balaban J connectivity index is 3.13. The van der Waals surface area contributed by atoms with Crippen molar-refractivity contribution in [2.45, 2.75) is 32.3 Å². The lowest BCUT2D eigenvalue weighted by Crippen LogP contribution is -2.36. The van der Waals surface area contributed by atoms with Crippen LogP contribution in [0.4, 0.5) is 10.6 Å². The lowest BCUT2D eigenvalue weighted by molar-refractivity contribution is -0.390. The second-order valence-electron chi connectivity index (χ2n) is 4.54. The lowest BCUT2D eigenvalue weighted by Gasteiger charge is -2.28. The van der Waals surface area contributed by atoms with Crippen molar-refractivity contribution >= 4 is 27.8 Å². The number of nitrogens with two attached hydrogens (primary N) is 1. The molecule has 0 aliphatic carbocycles. The van der Waals surface area contributed by atoms with Crippen LogP contribution in [-0.4, -0.2) is 21.6 Å². The molecule has 1 atom stereocenters. The van der Waals surface area contributed by atoms with E-state index < -0.39 is 16.6 Å². The highest BCUT2D eigenvalue weighted by molar-refractivity contribution is 9.10. The van der Waals surface area contributed by atoms with Crippen LogP contribution in [0.2, 0.25) is 0 Å². The summed E-state index contributed by atoms with van der Waals surface area (Å²) in [6.07, 6.45) is -0.900. The number of carbonyl (C=O) groups excluding carboxylic acids is 1. The SMILES string of the molecule is CC(c1ccc(Br)c([N+](=O)[O-])n1)C(C)(C)OC(N)=O. The zero-order chi connectivity index (χ0) is 14.8. The van der Waals surface area contributed by atoms with Gasteiger partial charge >= 0.3 is 11.9 Å². The normalized spacial score (nSPS) is 12.8. The van der Waals surface area contributed by atoms with Gasteiger partial charge in [-0.3, -0.25) is 0 Å². The second kappa shape index (κ2) is 5.52. The fourth-order valence-corrected chi connectivity index (χ4v) is 1.88.